The Kier molecular flexibility index (Phi) is 6.93. The van der Waals surface area contributed by atoms with Crippen LogP contribution in [-0.4, -0.2) is 17.6 Å². The Morgan fingerprint density at radius 3 is 2.35 bits per heavy atom. The molecule has 6 nitrogen and oxygen atoms in total. The number of nitrogens with one attached hydrogen (secondary N) is 1. The van der Waals surface area contributed by atoms with Gasteiger partial charge < -0.3 is 10.1 Å². The van der Waals surface area contributed by atoms with Crippen molar-refractivity contribution in [1.29, 1.82) is 5.26 Å². The van der Waals surface area contributed by atoms with Crippen molar-refractivity contribution in [3.05, 3.63) is 109 Å². The second kappa shape index (κ2) is 10.2. The van der Waals surface area contributed by atoms with Crippen molar-refractivity contribution in [2.75, 3.05) is 12.4 Å². The van der Waals surface area contributed by atoms with Crippen molar-refractivity contribution in [1.82, 2.24) is 4.57 Å². The summed E-state index contributed by atoms with van der Waals surface area (Å²) in [5.41, 5.74) is 1.33. The standard InChI is InChI=1S/C26H18ClN3O3S/c1-33-21-13-7-17(8-14-21)15-23-25(32)30(20-5-3-2-4-6-20)26(34-23)22(16-28)24(31)29-19-11-9-18(27)10-12-19/h2-15H,1H3,(H,29,31)/b23-15+,26-22+. The van der Waals surface area contributed by atoms with Gasteiger partial charge in [-0.3, -0.25) is 14.2 Å². The quantitative estimate of drug-likeness (QED) is 0.465. The Morgan fingerprint density at radius 1 is 1.06 bits per heavy atom. The number of carbonyl (C=O) groups is 1. The number of methoxy groups -OCH3 is 1. The molecule has 0 aliphatic rings. The molecule has 3 aromatic carbocycles. The van der Waals surface area contributed by atoms with Crippen LogP contribution in [0, 0.1) is 11.3 Å². The highest BCUT2D eigenvalue weighted by Crippen LogP contribution is 2.15. The Bertz CT molecular complexity index is 1550. The van der Waals surface area contributed by atoms with Crippen molar-refractivity contribution in [2.45, 2.75) is 0 Å². The van der Waals surface area contributed by atoms with Gasteiger partial charge in [0.2, 0.25) is 0 Å². The molecule has 0 unspecified atom stereocenters. The monoisotopic (exact) mass is 487 g/mol. The minimum absolute atomic E-state index is 0.171. The fraction of sp³-hybridized carbons (Fsp3) is 0.0385. The Labute approximate surface area is 204 Å². The number of nitrogens with zero attached hydrogens (tertiary/aromatic N) is 2. The van der Waals surface area contributed by atoms with E-state index in [1.807, 2.05) is 24.3 Å². The van der Waals surface area contributed by atoms with Gasteiger partial charge in [-0.05, 0) is 60.2 Å². The number of carbonyl (C=O) groups excluding carboxylic acids is 1. The highest BCUT2D eigenvalue weighted by Gasteiger charge is 2.17. The van der Waals surface area contributed by atoms with Gasteiger partial charge in [0, 0.05) is 10.7 Å². The van der Waals surface area contributed by atoms with Crippen LogP contribution in [0.1, 0.15) is 5.56 Å². The average Bonchev–Trinajstić information content (AvgIpc) is 3.17. The third kappa shape index (κ3) is 4.94. The molecule has 0 radical (unpaired) electrons. The molecule has 0 aliphatic heterocycles. The largest absolute Gasteiger partial charge is 0.497 e. The minimum atomic E-state index is -0.619. The molecule has 0 bridgehead atoms. The first-order chi connectivity index (χ1) is 16.5. The first kappa shape index (κ1) is 23.1. The molecular formula is C26H18ClN3O3S. The molecule has 0 spiro atoms. The number of thiazole rings is 1. The zero-order valence-electron chi connectivity index (χ0n) is 18.0. The Hall–Kier alpha value is -4.12. The van der Waals surface area contributed by atoms with Gasteiger partial charge in [0.15, 0.2) is 5.57 Å². The number of amides is 1. The molecule has 1 amide bonds. The van der Waals surface area contributed by atoms with Crippen LogP contribution in [0.15, 0.2) is 83.7 Å². The molecule has 0 saturated heterocycles. The number of aromatic nitrogens is 1. The molecule has 4 rings (SSSR count). The number of anilines is 1. The molecule has 34 heavy (non-hydrogen) atoms. The normalized spacial score (nSPS) is 12.1. The van der Waals surface area contributed by atoms with Crippen LogP contribution in [0.4, 0.5) is 5.69 Å². The summed E-state index contributed by atoms with van der Waals surface area (Å²) >= 11 is 6.99. The SMILES string of the molecule is COc1ccc(/C=c2/s/c(=C(\C#N)C(=O)Nc3ccc(Cl)cc3)n(-c3ccccc3)c2=O)cc1. The van der Waals surface area contributed by atoms with E-state index < -0.39 is 5.91 Å². The van der Waals surface area contributed by atoms with Crippen LogP contribution in [-0.2, 0) is 4.79 Å². The number of hydrogen-bond donors (Lipinski definition) is 1. The third-order valence-electron chi connectivity index (χ3n) is 4.91. The highest BCUT2D eigenvalue weighted by molar-refractivity contribution is 7.07. The predicted octanol–water partition coefficient (Wildman–Crippen LogP) is 3.70. The van der Waals surface area contributed by atoms with Gasteiger partial charge in [-0.2, -0.15) is 5.26 Å². The lowest BCUT2D eigenvalue weighted by Gasteiger charge is -2.06. The molecule has 4 aromatic rings. The number of nitriles is 1. The number of rotatable bonds is 5. The van der Waals surface area contributed by atoms with Gasteiger partial charge in [0.25, 0.3) is 11.5 Å². The summed E-state index contributed by atoms with van der Waals surface area (Å²) in [6, 6.07) is 24.7. The minimum Gasteiger partial charge on any atom is -0.497 e. The third-order valence-corrected chi connectivity index (χ3v) is 6.25. The van der Waals surface area contributed by atoms with Crippen molar-refractivity contribution in [3.8, 4) is 17.5 Å². The van der Waals surface area contributed by atoms with Gasteiger partial charge in [-0.25, -0.2) is 0 Å². The number of benzene rings is 3. The molecule has 168 valence electrons. The number of hydrogen-bond acceptors (Lipinski definition) is 5. The fourth-order valence-corrected chi connectivity index (χ4v) is 4.46. The van der Waals surface area contributed by atoms with Gasteiger partial charge in [-0.1, -0.05) is 41.9 Å². The van der Waals surface area contributed by atoms with E-state index >= 15 is 0 Å². The van der Waals surface area contributed by atoms with E-state index in [1.54, 1.807) is 73.8 Å². The van der Waals surface area contributed by atoms with Crippen molar-refractivity contribution in [2.24, 2.45) is 0 Å². The van der Waals surface area contributed by atoms with Gasteiger partial charge in [0.05, 0.1) is 17.3 Å². The summed E-state index contributed by atoms with van der Waals surface area (Å²) < 4.78 is 7.20. The summed E-state index contributed by atoms with van der Waals surface area (Å²) in [7, 11) is 1.58. The van der Waals surface area contributed by atoms with Gasteiger partial charge in [0.1, 0.15) is 16.5 Å². The molecule has 1 N–H and O–H groups in total. The van der Waals surface area contributed by atoms with Crippen LogP contribution >= 0.6 is 22.9 Å². The summed E-state index contributed by atoms with van der Waals surface area (Å²) in [6.45, 7) is 0. The zero-order chi connectivity index (χ0) is 24.1. The number of halogens is 1. The lowest BCUT2D eigenvalue weighted by molar-refractivity contribution is -0.111. The van der Waals surface area contributed by atoms with Crippen LogP contribution in [0.3, 0.4) is 0 Å². The maximum atomic E-state index is 13.4. The van der Waals surface area contributed by atoms with Gasteiger partial charge >= 0.3 is 0 Å². The fourth-order valence-electron chi connectivity index (χ4n) is 3.24. The molecule has 0 fully saturated rings. The maximum absolute atomic E-state index is 13.4. The topological polar surface area (TPSA) is 84.1 Å². The average molecular weight is 488 g/mol. The number of para-hydroxylation sites is 1. The smallest absolute Gasteiger partial charge is 0.273 e. The molecular weight excluding hydrogens is 470 g/mol. The highest BCUT2D eigenvalue weighted by atomic mass is 35.5. The molecule has 8 heteroatoms. The van der Waals surface area contributed by atoms with E-state index in [0.29, 0.717) is 26.7 Å². The van der Waals surface area contributed by atoms with Crippen LogP contribution in [0.2, 0.25) is 5.02 Å². The summed E-state index contributed by atoms with van der Waals surface area (Å²) in [6.07, 6.45) is 1.72. The molecule has 0 saturated carbocycles. The van der Waals surface area contributed by atoms with Crippen LogP contribution < -0.4 is 24.8 Å². The Balaban J connectivity index is 1.91. The van der Waals surface area contributed by atoms with Crippen LogP contribution in [0.25, 0.3) is 17.3 Å². The summed E-state index contributed by atoms with van der Waals surface area (Å²) in [4.78, 5) is 26.4. The van der Waals surface area contributed by atoms with E-state index in [9.17, 15) is 14.9 Å². The predicted molar refractivity (Wildman–Crippen MR) is 135 cm³/mol. The second-order valence-electron chi connectivity index (χ2n) is 7.11. The van der Waals surface area contributed by atoms with Crippen molar-refractivity contribution < 1.29 is 9.53 Å². The molecule has 0 aliphatic carbocycles. The summed E-state index contributed by atoms with van der Waals surface area (Å²) in [5.74, 6) is 0.0800. The van der Waals surface area contributed by atoms with Gasteiger partial charge in [-0.15, -0.1) is 11.3 Å². The lowest BCUT2D eigenvalue weighted by atomic mass is 10.2. The molecule has 0 atom stereocenters. The van der Waals surface area contributed by atoms with Crippen LogP contribution in [0.5, 0.6) is 5.75 Å². The van der Waals surface area contributed by atoms with E-state index in [4.69, 9.17) is 16.3 Å². The van der Waals surface area contributed by atoms with E-state index in [0.717, 1.165) is 16.9 Å². The number of ether oxygens (including phenoxy) is 1. The first-order valence-electron chi connectivity index (χ1n) is 10.1. The van der Waals surface area contributed by atoms with E-state index in [-0.39, 0.29) is 15.8 Å². The summed E-state index contributed by atoms with van der Waals surface area (Å²) in [5, 5.41) is 13.1. The first-order valence-corrected chi connectivity index (χ1v) is 11.3. The molecule has 1 heterocycles. The molecule has 1 aromatic heterocycles. The van der Waals surface area contributed by atoms with Crippen molar-refractivity contribution in [3.63, 3.8) is 0 Å². The van der Waals surface area contributed by atoms with Crippen molar-refractivity contribution >= 4 is 46.2 Å². The Morgan fingerprint density at radius 2 is 1.74 bits per heavy atom. The zero-order valence-corrected chi connectivity index (χ0v) is 19.6. The van der Waals surface area contributed by atoms with E-state index in [2.05, 4.69) is 5.32 Å². The second-order valence-corrected chi connectivity index (χ2v) is 8.58. The lowest BCUT2D eigenvalue weighted by Crippen LogP contribution is -2.32. The maximum Gasteiger partial charge on any atom is 0.273 e. The van der Waals surface area contributed by atoms with E-state index in [1.165, 1.54) is 4.57 Å².